The van der Waals surface area contributed by atoms with Crippen LogP contribution >= 0.6 is 15.9 Å². The maximum Gasteiger partial charge on any atom is 0.0381 e. The number of benzene rings is 1. The van der Waals surface area contributed by atoms with E-state index < -0.39 is 0 Å². The number of nitrogens with two attached hydrogens (primary N) is 1. The number of hydrogen-bond acceptors (Lipinski definition) is 3. The predicted octanol–water partition coefficient (Wildman–Crippen LogP) is 2.44. The molecule has 4 heteroatoms. The lowest BCUT2D eigenvalue weighted by Crippen LogP contribution is -2.47. The summed E-state index contributed by atoms with van der Waals surface area (Å²) in [6.07, 6.45) is 2.90. The topological polar surface area (TPSA) is 32.5 Å². The highest BCUT2D eigenvalue weighted by atomic mass is 79.9. The molecule has 1 aromatic carbocycles. The van der Waals surface area contributed by atoms with Crippen molar-refractivity contribution >= 4 is 21.6 Å². The van der Waals surface area contributed by atoms with Crippen molar-refractivity contribution in [3.8, 4) is 0 Å². The zero-order valence-electron chi connectivity index (χ0n) is 11.3. The van der Waals surface area contributed by atoms with Crippen LogP contribution in [-0.4, -0.2) is 37.6 Å². The first-order valence-corrected chi connectivity index (χ1v) is 8.01. The number of anilines is 1. The van der Waals surface area contributed by atoms with Crippen LogP contribution in [0.25, 0.3) is 0 Å². The molecule has 1 aliphatic heterocycles. The molecule has 0 amide bonds. The quantitative estimate of drug-likeness (QED) is 0.923. The van der Waals surface area contributed by atoms with Crippen molar-refractivity contribution in [1.82, 2.24) is 4.90 Å². The van der Waals surface area contributed by atoms with E-state index >= 15 is 0 Å². The van der Waals surface area contributed by atoms with Gasteiger partial charge in [-0.1, -0.05) is 15.9 Å². The van der Waals surface area contributed by atoms with Crippen LogP contribution in [0.1, 0.15) is 18.4 Å². The zero-order valence-corrected chi connectivity index (χ0v) is 12.9. The van der Waals surface area contributed by atoms with Gasteiger partial charge in [0.15, 0.2) is 0 Å². The molecule has 0 unspecified atom stereocenters. The van der Waals surface area contributed by atoms with Gasteiger partial charge in [0.1, 0.15) is 0 Å². The third-order valence-electron chi connectivity index (χ3n) is 4.13. The highest BCUT2D eigenvalue weighted by molar-refractivity contribution is 9.10. The molecule has 3 nitrogen and oxygen atoms in total. The summed E-state index contributed by atoms with van der Waals surface area (Å²) in [4.78, 5) is 5.10. The summed E-state index contributed by atoms with van der Waals surface area (Å²) >= 11 is 3.58. The van der Waals surface area contributed by atoms with E-state index in [2.05, 4.69) is 43.9 Å². The summed E-state index contributed by atoms with van der Waals surface area (Å²) < 4.78 is 1.13. The van der Waals surface area contributed by atoms with Crippen molar-refractivity contribution in [3.05, 3.63) is 28.2 Å². The van der Waals surface area contributed by atoms with E-state index in [0.29, 0.717) is 6.54 Å². The smallest absolute Gasteiger partial charge is 0.0381 e. The molecule has 19 heavy (non-hydrogen) atoms. The number of piperazine rings is 1. The monoisotopic (exact) mass is 323 g/mol. The molecule has 1 heterocycles. The van der Waals surface area contributed by atoms with E-state index in [1.807, 2.05) is 0 Å². The summed E-state index contributed by atoms with van der Waals surface area (Å²) in [5.41, 5.74) is 8.26. The molecule has 0 radical (unpaired) electrons. The van der Waals surface area contributed by atoms with Crippen molar-refractivity contribution in [2.24, 2.45) is 11.7 Å². The minimum atomic E-state index is 0.605. The molecule has 0 spiro atoms. The molecule has 1 saturated carbocycles. The molecule has 2 fully saturated rings. The van der Waals surface area contributed by atoms with Crippen molar-refractivity contribution in [2.75, 3.05) is 37.6 Å². The normalized spacial score (nSPS) is 20.8. The summed E-state index contributed by atoms with van der Waals surface area (Å²) in [5.74, 6) is 1.00. The molecule has 0 aromatic heterocycles. The lowest BCUT2D eigenvalue weighted by atomic mass is 10.1. The zero-order chi connectivity index (χ0) is 13.2. The second kappa shape index (κ2) is 5.81. The Bertz CT molecular complexity index is 437. The third kappa shape index (κ3) is 3.50. The van der Waals surface area contributed by atoms with Gasteiger partial charge in [-0.15, -0.1) is 0 Å². The van der Waals surface area contributed by atoms with E-state index in [1.54, 1.807) is 0 Å². The lowest BCUT2D eigenvalue weighted by Gasteiger charge is -2.36. The number of hydrogen-bond donors (Lipinski definition) is 1. The number of halogens is 1. The predicted molar refractivity (Wildman–Crippen MR) is 83.4 cm³/mol. The van der Waals surface area contributed by atoms with Crippen LogP contribution in [0.3, 0.4) is 0 Å². The van der Waals surface area contributed by atoms with E-state index in [4.69, 9.17) is 5.73 Å². The lowest BCUT2D eigenvalue weighted by molar-refractivity contribution is 0.248. The maximum absolute atomic E-state index is 5.75. The van der Waals surface area contributed by atoms with Gasteiger partial charge >= 0.3 is 0 Å². The molecule has 1 aliphatic carbocycles. The van der Waals surface area contributed by atoms with Gasteiger partial charge in [-0.05, 0) is 42.5 Å². The second-order valence-corrected chi connectivity index (χ2v) is 6.67. The average molecular weight is 324 g/mol. The Kier molecular flexibility index (Phi) is 4.10. The maximum atomic E-state index is 5.75. The van der Waals surface area contributed by atoms with Gasteiger partial charge in [-0.25, -0.2) is 0 Å². The van der Waals surface area contributed by atoms with Crippen LogP contribution in [0.15, 0.2) is 22.7 Å². The first-order chi connectivity index (χ1) is 9.24. The second-order valence-electron chi connectivity index (χ2n) is 5.75. The van der Waals surface area contributed by atoms with Crippen molar-refractivity contribution in [2.45, 2.75) is 19.4 Å². The van der Waals surface area contributed by atoms with Crippen LogP contribution in [0.4, 0.5) is 5.69 Å². The summed E-state index contributed by atoms with van der Waals surface area (Å²) in [6.45, 7) is 6.58. The van der Waals surface area contributed by atoms with Gasteiger partial charge in [-0.3, -0.25) is 4.90 Å². The van der Waals surface area contributed by atoms with E-state index in [9.17, 15) is 0 Å². The van der Waals surface area contributed by atoms with E-state index in [-0.39, 0.29) is 0 Å². The molecular formula is C15H22BrN3. The SMILES string of the molecule is NCc1cc(Br)cc(N2CCN(CC3CC3)CC2)c1. The molecule has 104 valence electrons. The van der Waals surface area contributed by atoms with Gasteiger partial charge in [0, 0.05) is 49.4 Å². The summed E-state index contributed by atoms with van der Waals surface area (Å²) in [6, 6.07) is 6.53. The summed E-state index contributed by atoms with van der Waals surface area (Å²) in [5, 5.41) is 0. The average Bonchev–Trinajstić information content (AvgIpc) is 3.23. The van der Waals surface area contributed by atoms with Crippen LogP contribution in [0, 0.1) is 5.92 Å². The Hall–Kier alpha value is -0.580. The molecule has 1 aromatic rings. The molecule has 2 N–H and O–H groups in total. The highest BCUT2D eigenvalue weighted by Crippen LogP contribution is 2.30. The third-order valence-corrected chi connectivity index (χ3v) is 4.59. The number of rotatable bonds is 4. The van der Waals surface area contributed by atoms with E-state index in [0.717, 1.165) is 23.5 Å². The summed E-state index contributed by atoms with van der Waals surface area (Å²) in [7, 11) is 0. The van der Waals surface area contributed by atoms with Gasteiger partial charge < -0.3 is 10.6 Å². The van der Waals surface area contributed by atoms with Crippen LogP contribution in [-0.2, 0) is 6.54 Å². The van der Waals surface area contributed by atoms with E-state index in [1.165, 1.54) is 43.7 Å². The van der Waals surface area contributed by atoms with Gasteiger partial charge in [0.05, 0.1) is 0 Å². The first-order valence-electron chi connectivity index (χ1n) is 7.21. The van der Waals surface area contributed by atoms with Gasteiger partial charge in [-0.2, -0.15) is 0 Å². The molecule has 3 rings (SSSR count). The van der Waals surface area contributed by atoms with Crippen molar-refractivity contribution in [1.29, 1.82) is 0 Å². The van der Waals surface area contributed by atoms with Crippen molar-refractivity contribution < 1.29 is 0 Å². The Morgan fingerprint density at radius 3 is 2.47 bits per heavy atom. The Morgan fingerprint density at radius 2 is 1.84 bits per heavy atom. The molecule has 2 aliphatic rings. The Balaban J connectivity index is 1.62. The standard InChI is InChI=1S/C15H22BrN3/c16-14-7-13(10-17)8-15(9-14)19-5-3-18(4-6-19)11-12-1-2-12/h7-9,12H,1-6,10-11,17H2. The minimum absolute atomic E-state index is 0.605. The molecule has 1 saturated heterocycles. The highest BCUT2D eigenvalue weighted by Gasteiger charge is 2.26. The number of nitrogens with zero attached hydrogens (tertiary/aromatic N) is 2. The molecule has 0 bridgehead atoms. The van der Waals surface area contributed by atoms with Crippen molar-refractivity contribution in [3.63, 3.8) is 0 Å². The fourth-order valence-electron chi connectivity index (χ4n) is 2.79. The fourth-order valence-corrected chi connectivity index (χ4v) is 3.32. The van der Waals surface area contributed by atoms with Gasteiger partial charge in [0.25, 0.3) is 0 Å². The first kappa shape index (κ1) is 13.4. The Labute approximate surface area is 123 Å². The Morgan fingerprint density at radius 1 is 1.11 bits per heavy atom. The minimum Gasteiger partial charge on any atom is -0.369 e. The largest absolute Gasteiger partial charge is 0.369 e. The van der Waals surface area contributed by atoms with Crippen LogP contribution in [0.5, 0.6) is 0 Å². The fraction of sp³-hybridized carbons (Fsp3) is 0.600. The van der Waals surface area contributed by atoms with Crippen LogP contribution < -0.4 is 10.6 Å². The molecule has 0 atom stereocenters. The van der Waals surface area contributed by atoms with Crippen LogP contribution in [0.2, 0.25) is 0 Å². The van der Waals surface area contributed by atoms with Gasteiger partial charge in [0.2, 0.25) is 0 Å². The molecular weight excluding hydrogens is 302 g/mol.